The minimum Gasteiger partial charge on any atom is -0.386 e. The number of aliphatic hydroxyl groups excluding tert-OH is 1. The zero-order valence-electron chi connectivity index (χ0n) is 10.1. The van der Waals surface area contributed by atoms with E-state index in [-0.39, 0.29) is 12.6 Å². The van der Waals surface area contributed by atoms with E-state index >= 15 is 0 Å². The number of hydrogen-bond acceptors (Lipinski definition) is 4. The van der Waals surface area contributed by atoms with Gasteiger partial charge in [0.2, 0.25) is 0 Å². The van der Waals surface area contributed by atoms with Gasteiger partial charge in [0.05, 0.1) is 0 Å². The average Bonchev–Trinajstić information content (AvgIpc) is 3.06. The van der Waals surface area contributed by atoms with Gasteiger partial charge < -0.3 is 10.4 Å². The molecule has 0 aromatic carbocycles. The smallest absolute Gasteiger partial charge is 0.265 e. The molecule has 19 heavy (non-hydrogen) atoms. The van der Waals surface area contributed by atoms with Crippen LogP contribution >= 0.6 is 22.7 Å². The van der Waals surface area contributed by atoms with Crippen LogP contribution in [0.1, 0.15) is 15.8 Å². The van der Waals surface area contributed by atoms with E-state index in [0.29, 0.717) is 0 Å². The third kappa shape index (κ3) is 4.35. The third-order valence-electron chi connectivity index (χ3n) is 2.74. The minimum atomic E-state index is -2.71. The Kier molecular flexibility index (Phi) is 5.45. The molecule has 0 fully saturated rings. The Hall–Kier alpha value is -0.820. The fraction of sp³-hybridized carbons (Fsp3) is 0.385. The molecule has 2 atom stereocenters. The summed E-state index contributed by atoms with van der Waals surface area (Å²) in [5.74, 6) is 0. The number of thiophene rings is 2. The van der Waals surface area contributed by atoms with Crippen molar-refractivity contribution in [3.8, 4) is 0 Å². The lowest BCUT2D eigenvalue weighted by Crippen LogP contribution is -2.34. The van der Waals surface area contributed by atoms with Gasteiger partial charge in [0.25, 0.3) is 6.43 Å². The van der Waals surface area contributed by atoms with Crippen LogP contribution in [-0.2, 0) is 6.42 Å². The Morgan fingerprint density at radius 3 is 2.47 bits per heavy atom. The summed E-state index contributed by atoms with van der Waals surface area (Å²) in [4.78, 5) is 2.28. The van der Waals surface area contributed by atoms with Crippen LogP contribution in [0.4, 0.5) is 8.78 Å². The molecule has 2 aromatic heterocycles. The molecule has 0 spiro atoms. The first-order chi connectivity index (χ1) is 9.16. The summed E-state index contributed by atoms with van der Waals surface area (Å²) in [5.41, 5.74) is 0. The quantitative estimate of drug-likeness (QED) is 0.822. The van der Waals surface area contributed by atoms with Crippen molar-refractivity contribution in [3.63, 3.8) is 0 Å². The molecular weight excluding hydrogens is 288 g/mol. The van der Waals surface area contributed by atoms with E-state index in [1.807, 2.05) is 35.0 Å². The van der Waals surface area contributed by atoms with Gasteiger partial charge in [0, 0.05) is 28.8 Å². The molecule has 2 N–H and O–H groups in total. The van der Waals surface area contributed by atoms with Gasteiger partial charge in [-0.3, -0.25) is 0 Å². The molecule has 104 valence electrons. The number of rotatable bonds is 7. The van der Waals surface area contributed by atoms with Crippen molar-refractivity contribution >= 4 is 22.7 Å². The lowest BCUT2D eigenvalue weighted by atomic mass is 10.1. The van der Waals surface area contributed by atoms with Crippen molar-refractivity contribution < 1.29 is 13.9 Å². The second-order valence-corrected chi connectivity index (χ2v) is 6.17. The first-order valence-electron chi connectivity index (χ1n) is 5.92. The van der Waals surface area contributed by atoms with Gasteiger partial charge in [-0.2, -0.15) is 0 Å². The van der Waals surface area contributed by atoms with Crippen molar-refractivity contribution in [2.24, 2.45) is 0 Å². The molecule has 0 saturated carbocycles. The van der Waals surface area contributed by atoms with E-state index < -0.39 is 12.5 Å². The standard InChI is InChI=1S/C13H15F2NOS2/c14-13(15)11(17)8-16-10(12-4-2-6-19-12)7-9-3-1-5-18-9/h1-6,10-11,13,16-17H,7-8H2. The van der Waals surface area contributed by atoms with Gasteiger partial charge in [0.15, 0.2) is 0 Å². The van der Waals surface area contributed by atoms with Gasteiger partial charge in [-0.1, -0.05) is 12.1 Å². The normalized spacial score (nSPS) is 14.7. The molecule has 6 heteroatoms. The number of halogens is 2. The SMILES string of the molecule is OC(CNC(Cc1cccs1)c1cccs1)C(F)F. The zero-order chi connectivity index (χ0) is 13.7. The number of nitrogens with one attached hydrogen (secondary N) is 1. The van der Waals surface area contributed by atoms with E-state index in [4.69, 9.17) is 0 Å². The van der Waals surface area contributed by atoms with Gasteiger partial charge in [0.1, 0.15) is 6.10 Å². The molecule has 0 aliphatic carbocycles. The van der Waals surface area contributed by atoms with Crippen molar-refractivity contribution in [2.75, 3.05) is 6.54 Å². The second-order valence-electron chi connectivity index (χ2n) is 4.16. The van der Waals surface area contributed by atoms with E-state index in [1.165, 1.54) is 4.88 Å². The monoisotopic (exact) mass is 303 g/mol. The molecule has 2 rings (SSSR count). The van der Waals surface area contributed by atoms with Crippen LogP contribution in [0.2, 0.25) is 0 Å². The summed E-state index contributed by atoms with van der Waals surface area (Å²) in [6.07, 6.45) is -3.59. The predicted octanol–water partition coefficient (Wildman–Crippen LogP) is 3.31. The van der Waals surface area contributed by atoms with Crippen LogP contribution in [0.15, 0.2) is 35.0 Å². The van der Waals surface area contributed by atoms with Crippen molar-refractivity contribution in [1.29, 1.82) is 0 Å². The molecule has 0 aliphatic heterocycles. The largest absolute Gasteiger partial charge is 0.386 e. The molecule has 2 aromatic rings. The van der Waals surface area contributed by atoms with Crippen LogP contribution in [0.5, 0.6) is 0 Å². The lowest BCUT2D eigenvalue weighted by Gasteiger charge is -2.19. The van der Waals surface area contributed by atoms with Gasteiger partial charge in [-0.25, -0.2) is 8.78 Å². The fourth-order valence-electron chi connectivity index (χ4n) is 1.74. The number of aliphatic hydroxyl groups is 1. The second kappa shape index (κ2) is 7.09. The molecule has 2 unspecified atom stereocenters. The Bertz CT molecular complexity index is 459. The minimum absolute atomic E-state index is 0.0351. The first-order valence-corrected chi connectivity index (χ1v) is 7.68. The Labute approximate surface area is 118 Å². The summed E-state index contributed by atoms with van der Waals surface area (Å²) in [5, 5.41) is 16.2. The van der Waals surface area contributed by atoms with Crippen LogP contribution in [0.25, 0.3) is 0 Å². The van der Waals surface area contributed by atoms with Gasteiger partial charge in [-0.05, 0) is 22.9 Å². The third-order valence-corrected chi connectivity index (χ3v) is 4.62. The number of hydrogen-bond donors (Lipinski definition) is 2. The first kappa shape index (κ1) is 14.6. The Morgan fingerprint density at radius 1 is 1.16 bits per heavy atom. The van der Waals surface area contributed by atoms with E-state index in [2.05, 4.69) is 5.32 Å². The molecule has 0 radical (unpaired) electrons. The zero-order valence-corrected chi connectivity index (χ0v) is 11.8. The summed E-state index contributed by atoms with van der Waals surface area (Å²) >= 11 is 3.23. The molecule has 2 nitrogen and oxygen atoms in total. The molecule has 2 heterocycles. The fourth-order valence-corrected chi connectivity index (χ4v) is 3.30. The maximum absolute atomic E-state index is 12.3. The topological polar surface area (TPSA) is 32.3 Å². The van der Waals surface area contributed by atoms with Crippen LogP contribution in [-0.4, -0.2) is 24.2 Å². The van der Waals surface area contributed by atoms with Gasteiger partial charge in [-0.15, -0.1) is 22.7 Å². The van der Waals surface area contributed by atoms with Crippen LogP contribution < -0.4 is 5.32 Å². The van der Waals surface area contributed by atoms with E-state index in [1.54, 1.807) is 22.7 Å². The molecular formula is C13H15F2NOS2. The van der Waals surface area contributed by atoms with Gasteiger partial charge >= 0.3 is 0 Å². The highest BCUT2D eigenvalue weighted by atomic mass is 32.1. The van der Waals surface area contributed by atoms with E-state index in [0.717, 1.165) is 11.3 Å². The average molecular weight is 303 g/mol. The van der Waals surface area contributed by atoms with Crippen LogP contribution in [0.3, 0.4) is 0 Å². The Balaban J connectivity index is 1.99. The lowest BCUT2D eigenvalue weighted by molar-refractivity contribution is -0.00459. The van der Waals surface area contributed by atoms with Crippen molar-refractivity contribution in [1.82, 2.24) is 5.32 Å². The molecule has 0 amide bonds. The highest BCUT2D eigenvalue weighted by Gasteiger charge is 2.20. The summed E-state index contributed by atoms with van der Waals surface area (Å²) < 4.78 is 24.6. The maximum atomic E-state index is 12.3. The van der Waals surface area contributed by atoms with E-state index in [9.17, 15) is 13.9 Å². The highest BCUT2D eigenvalue weighted by Crippen LogP contribution is 2.25. The molecule has 0 saturated heterocycles. The summed E-state index contributed by atoms with van der Waals surface area (Å²) in [7, 11) is 0. The van der Waals surface area contributed by atoms with Crippen LogP contribution in [0, 0.1) is 0 Å². The van der Waals surface area contributed by atoms with Crippen molar-refractivity contribution in [2.45, 2.75) is 25.0 Å². The predicted molar refractivity (Wildman–Crippen MR) is 75.1 cm³/mol. The maximum Gasteiger partial charge on any atom is 0.265 e. The van der Waals surface area contributed by atoms with Crippen molar-refractivity contribution in [3.05, 3.63) is 44.8 Å². The molecule has 0 bridgehead atoms. The number of alkyl halides is 2. The Morgan fingerprint density at radius 2 is 1.89 bits per heavy atom. The highest BCUT2D eigenvalue weighted by molar-refractivity contribution is 7.10. The summed E-state index contributed by atoms with van der Waals surface area (Å²) in [6, 6.07) is 7.87. The molecule has 0 aliphatic rings. The summed E-state index contributed by atoms with van der Waals surface area (Å²) in [6.45, 7) is -0.106.